The summed E-state index contributed by atoms with van der Waals surface area (Å²) in [6.45, 7) is 25.1. The van der Waals surface area contributed by atoms with Crippen LogP contribution in [-0.2, 0) is 18.9 Å². The van der Waals surface area contributed by atoms with Gasteiger partial charge in [0.15, 0.2) is 0 Å². The molecule has 0 spiro atoms. The Balaban J connectivity index is 0.842. The van der Waals surface area contributed by atoms with E-state index < -0.39 is 0 Å². The van der Waals surface area contributed by atoms with Gasteiger partial charge >= 0.3 is 0 Å². The van der Waals surface area contributed by atoms with Crippen LogP contribution in [0.1, 0.15) is 221 Å². The molecule has 2 aliphatic heterocycles. The largest absolute Gasteiger partial charge is 0.379 e. The Morgan fingerprint density at radius 3 is 2.18 bits per heavy atom. The monoisotopic (exact) mass is 947 g/mol. The van der Waals surface area contributed by atoms with Crippen molar-refractivity contribution in [3.05, 3.63) is 36.0 Å². The van der Waals surface area contributed by atoms with Gasteiger partial charge in [-0.1, -0.05) is 142 Å². The standard InChI is InChI=1S/C62H110N2O4/c1-7-8-9-10-11-12-13-14-15-16-17-18-19-20-21-25-43-66-50-56(49-63-41-35-54(36-42-63)64-39-23-22-24-40-64)68-47-45-65-44-46-67-55-33-37-61(5)53(48-55)29-30-57-59-32-31-58(52(4)28-26-27-51(2)3)62(59,6)38-34-60(57)61/h11-12,14-15,29,51-52,54-60H,7-10,13,16-28,30-50H2,1-6H3/b12-11-,15-14-/t52-,55+,56?,57?,58-,59?,60?,61+,62-/m1/s1. The highest BCUT2D eigenvalue weighted by Crippen LogP contribution is 2.67. The summed E-state index contributed by atoms with van der Waals surface area (Å²) in [5.74, 6) is 5.35. The predicted molar refractivity (Wildman–Crippen MR) is 288 cm³/mol. The van der Waals surface area contributed by atoms with Crippen molar-refractivity contribution in [3.8, 4) is 0 Å². The molecule has 0 amide bonds. The summed E-state index contributed by atoms with van der Waals surface area (Å²) < 4.78 is 25.6. The summed E-state index contributed by atoms with van der Waals surface area (Å²) in [6.07, 6.45) is 49.7. The second-order valence-electron chi connectivity index (χ2n) is 24.4. The average molecular weight is 948 g/mol. The van der Waals surface area contributed by atoms with Gasteiger partial charge in [0.25, 0.3) is 0 Å². The molecule has 6 nitrogen and oxygen atoms in total. The minimum Gasteiger partial charge on any atom is -0.379 e. The molecule has 2 saturated heterocycles. The molecule has 0 aromatic heterocycles. The van der Waals surface area contributed by atoms with Crippen molar-refractivity contribution >= 4 is 0 Å². The van der Waals surface area contributed by atoms with Crippen LogP contribution >= 0.6 is 0 Å². The van der Waals surface area contributed by atoms with Crippen LogP contribution in [0.2, 0.25) is 0 Å². The van der Waals surface area contributed by atoms with Crippen molar-refractivity contribution in [2.45, 2.75) is 240 Å². The predicted octanol–water partition coefficient (Wildman–Crippen LogP) is 15.6. The zero-order valence-electron chi connectivity index (χ0n) is 45.7. The number of piperidine rings is 2. The van der Waals surface area contributed by atoms with Crippen LogP contribution in [0.4, 0.5) is 0 Å². The van der Waals surface area contributed by atoms with E-state index in [0.717, 1.165) is 74.0 Å². The first kappa shape index (κ1) is 56.3. The second kappa shape index (κ2) is 30.9. The lowest BCUT2D eigenvalue weighted by molar-refractivity contribution is -0.0742. The van der Waals surface area contributed by atoms with Crippen LogP contribution in [0.3, 0.4) is 0 Å². The molecule has 0 bridgehead atoms. The summed E-state index contributed by atoms with van der Waals surface area (Å²) >= 11 is 0. The SMILES string of the molecule is CCCCC/C=C\C/C=C\CCCCCCCCOCC(CN1CCC(N2CCCCC2)CC1)OCCOCCO[C@H]1CC[C@@]2(C)C(=CCC3C2CC[C@@]2(C)C3CC[C@@H]2[C@H](C)CCCC(C)C)C1. The Hall–Kier alpha value is -1.02. The number of ether oxygens (including phenoxy) is 4. The molecule has 0 N–H and O–H groups in total. The molecular weight excluding hydrogens is 837 g/mol. The van der Waals surface area contributed by atoms with Crippen LogP contribution in [0.15, 0.2) is 36.0 Å². The number of allylic oxidation sites excluding steroid dienone is 5. The Morgan fingerprint density at radius 1 is 0.676 bits per heavy atom. The lowest BCUT2D eigenvalue weighted by Gasteiger charge is -2.58. The number of nitrogens with zero attached hydrogens (tertiary/aromatic N) is 2. The van der Waals surface area contributed by atoms with Gasteiger partial charge in [0.2, 0.25) is 0 Å². The van der Waals surface area contributed by atoms with Crippen molar-refractivity contribution in [2.75, 3.05) is 72.4 Å². The molecular formula is C62H110N2O4. The normalized spacial score (nSPS) is 30.5. The number of hydrogen-bond acceptors (Lipinski definition) is 6. The van der Waals surface area contributed by atoms with Crippen molar-refractivity contribution in [1.29, 1.82) is 0 Å². The van der Waals surface area contributed by atoms with E-state index in [9.17, 15) is 0 Å². The Morgan fingerprint density at radius 2 is 1.41 bits per heavy atom. The molecule has 0 radical (unpaired) electrons. The van der Waals surface area contributed by atoms with E-state index in [1.807, 2.05) is 0 Å². The molecule has 6 rings (SSSR count). The average Bonchev–Trinajstić information content (AvgIpc) is 3.71. The van der Waals surface area contributed by atoms with Crippen molar-refractivity contribution in [1.82, 2.24) is 9.80 Å². The quantitative estimate of drug-likeness (QED) is 0.0482. The zero-order valence-corrected chi connectivity index (χ0v) is 45.7. The van der Waals surface area contributed by atoms with Crippen LogP contribution in [0, 0.1) is 46.3 Å². The summed E-state index contributed by atoms with van der Waals surface area (Å²) in [5.41, 5.74) is 2.68. The van der Waals surface area contributed by atoms with E-state index in [0.29, 0.717) is 50.0 Å². The van der Waals surface area contributed by atoms with E-state index in [2.05, 4.69) is 81.7 Å². The van der Waals surface area contributed by atoms with Gasteiger partial charge in [-0.25, -0.2) is 0 Å². The molecule has 4 aliphatic carbocycles. The molecule has 68 heavy (non-hydrogen) atoms. The maximum atomic E-state index is 6.57. The maximum Gasteiger partial charge on any atom is 0.0936 e. The first-order chi connectivity index (χ1) is 33.2. The van der Waals surface area contributed by atoms with Gasteiger partial charge in [-0.3, -0.25) is 0 Å². The molecule has 6 heteroatoms. The lowest BCUT2D eigenvalue weighted by atomic mass is 9.47. The summed E-state index contributed by atoms with van der Waals surface area (Å²) in [6, 6.07) is 0.776. The minimum absolute atomic E-state index is 0.0991. The number of likely N-dealkylation sites (tertiary alicyclic amines) is 2. The summed E-state index contributed by atoms with van der Waals surface area (Å²) in [5, 5.41) is 0. The molecule has 3 saturated carbocycles. The second-order valence-corrected chi connectivity index (χ2v) is 24.4. The maximum absolute atomic E-state index is 6.57. The smallest absolute Gasteiger partial charge is 0.0936 e. The Labute approximate surface area is 421 Å². The fourth-order valence-corrected chi connectivity index (χ4v) is 15.0. The molecule has 4 unspecified atom stereocenters. The van der Waals surface area contributed by atoms with E-state index >= 15 is 0 Å². The third-order valence-electron chi connectivity index (χ3n) is 19.1. The fourth-order valence-electron chi connectivity index (χ4n) is 15.0. The van der Waals surface area contributed by atoms with Gasteiger partial charge in [0.1, 0.15) is 0 Å². The number of rotatable bonds is 33. The molecule has 5 fully saturated rings. The van der Waals surface area contributed by atoms with Gasteiger partial charge in [-0.15, -0.1) is 0 Å². The van der Waals surface area contributed by atoms with Crippen molar-refractivity contribution in [2.24, 2.45) is 46.3 Å². The third-order valence-corrected chi connectivity index (χ3v) is 19.1. The number of hydrogen-bond donors (Lipinski definition) is 0. The third kappa shape index (κ3) is 17.6. The zero-order chi connectivity index (χ0) is 47.9. The van der Waals surface area contributed by atoms with Crippen molar-refractivity contribution < 1.29 is 18.9 Å². The van der Waals surface area contributed by atoms with Gasteiger partial charge in [-0.2, -0.15) is 0 Å². The van der Waals surface area contributed by atoms with Crippen LogP contribution < -0.4 is 0 Å². The number of unbranched alkanes of at least 4 members (excludes halogenated alkanes) is 9. The Kier molecular flexibility index (Phi) is 25.6. The van der Waals surface area contributed by atoms with Crippen LogP contribution in [0.25, 0.3) is 0 Å². The first-order valence-electron chi connectivity index (χ1n) is 30.1. The van der Waals surface area contributed by atoms with E-state index in [-0.39, 0.29) is 6.10 Å². The van der Waals surface area contributed by atoms with Gasteiger partial charge < -0.3 is 28.7 Å². The van der Waals surface area contributed by atoms with Crippen LogP contribution in [0.5, 0.6) is 0 Å². The van der Waals surface area contributed by atoms with Crippen LogP contribution in [-0.4, -0.2) is 100 Å². The highest BCUT2D eigenvalue weighted by molar-refractivity contribution is 5.25. The van der Waals surface area contributed by atoms with E-state index in [1.165, 1.54) is 187 Å². The topological polar surface area (TPSA) is 43.4 Å². The summed E-state index contributed by atoms with van der Waals surface area (Å²) in [7, 11) is 0. The van der Waals surface area contributed by atoms with Gasteiger partial charge in [0, 0.05) is 19.2 Å². The highest BCUT2D eigenvalue weighted by atomic mass is 16.6. The Bertz CT molecular complexity index is 1430. The van der Waals surface area contributed by atoms with E-state index in [1.54, 1.807) is 5.57 Å². The molecule has 2 heterocycles. The molecule has 0 aromatic carbocycles. The van der Waals surface area contributed by atoms with Gasteiger partial charge in [0.05, 0.1) is 45.2 Å². The molecule has 392 valence electrons. The number of fused-ring (bicyclic) bond motifs is 5. The summed E-state index contributed by atoms with van der Waals surface area (Å²) in [4.78, 5) is 5.43. The molecule has 0 aromatic rings. The highest BCUT2D eigenvalue weighted by Gasteiger charge is 2.59. The fraction of sp³-hybridized carbons (Fsp3) is 0.903. The van der Waals surface area contributed by atoms with Crippen molar-refractivity contribution in [3.63, 3.8) is 0 Å². The minimum atomic E-state index is 0.0991. The molecule has 6 aliphatic rings. The van der Waals surface area contributed by atoms with E-state index in [4.69, 9.17) is 18.9 Å². The lowest BCUT2D eigenvalue weighted by Crippen LogP contribution is -2.51. The van der Waals surface area contributed by atoms with Gasteiger partial charge in [-0.05, 0) is 188 Å². The first-order valence-corrected chi connectivity index (χ1v) is 30.1. The molecule has 9 atom stereocenters.